The highest BCUT2D eigenvalue weighted by Gasteiger charge is 2.27. The summed E-state index contributed by atoms with van der Waals surface area (Å²) in [5.74, 6) is -0.681. The normalized spacial score (nSPS) is 9.62. The first-order chi connectivity index (χ1) is 7.56. The lowest BCUT2D eigenvalue weighted by molar-refractivity contribution is -0.386. The maximum absolute atomic E-state index is 10.8. The highest BCUT2D eigenvalue weighted by molar-refractivity contribution is 5.89. The topological polar surface area (TPSA) is 98.9 Å². The number of rotatable bonds is 4. The van der Waals surface area contributed by atoms with Gasteiger partial charge in [-0.3, -0.25) is 14.9 Å². The molecule has 7 nitrogen and oxygen atoms in total. The van der Waals surface area contributed by atoms with Crippen LogP contribution in [0.15, 0.2) is 6.07 Å². The van der Waals surface area contributed by atoms with Crippen LogP contribution in [-0.2, 0) is 0 Å². The molecule has 0 heterocycles. The maximum Gasteiger partial charge on any atom is 0.325 e. The molecule has 1 aromatic rings. The van der Waals surface area contributed by atoms with Gasteiger partial charge in [-0.2, -0.15) is 0 Å². The van der Waals surface area contributed by atoms with E-state index in [1.165, 1.54) is 14.2 Å². The molecule has 0 spiro atoms. The molecule has 1 rings (SSSR count). The monoisotopic (exact) mass is 227 g/mol. The first-order valence-corrected chi connectivity index (χ1v) is 4.14. The van der Waals surface area contributed by atoms with E-state index >= 15 is 0 Å². The van der Waals surface area contributed by atoms with E-state index < -0.39 is 16.4 Å². The first-order valence-electron chi connectivity index (χ1n) is 4.14. The van der Waals surface area contributed by atoms with Gasteiger partial charge < -0.3 is 14.6 Å². The van der Waals surface area contributed by atoms with Crippen LogP contribution in [0.2, 0.25) is 0 Å². The number of methoxy groups -OCH3 is 2. The number of hydrogen-bond donors (Lipinski definition) is 1. The summed E-state index contributed by atoms with van der Waals surface area (Å²) in [6.07, 6.45) is 0.235. The zero-order valence-corrected chi connectivity index (χ0v) is 8.59. The number of phenols is 1. The second-order valence-corrected chi connectivity index (χ2v) is 2.77. The highest BCUT2D eigenvalue weighted by Crippen LogP contribution is 2.42. The summed E-state index contributed by atoms with van der Waals surface area (Å²) in [5, 5.41) is 20.0. The second-order valence-electron chi connectivity index (χ2n) is 2.77. The number of nitrogens with zero attached hydrogens (tertiary/aromatic N) is 1. The van der Waals surface area contributed by atoms with Crippen LogP contribution in [0.1, 0.15) is 10.4 Å². The highest BCUT2D eigenvalue weighted by atomic mass is 16.6. The molecular weight excluding hydrogens is 218 g/mol. The summed E-state index contributed by atoms with van der Waals surface area (Å²) in [4.78, 5) is 20.6. The van der Waals surface area contributed by atoms with Gasteiger partial charge in [-0.25, -0.2) is 0 Å². The number of benzene rings is 1. The Morgan fingerprint density at radius 3 is 2.44 bits per heavy atom. The van der Waals surface area contributed by atoms with E-state index in [2.05, 4.69) is 0 Å². The smallest absolute Gasteiger partial charge is 0.325 e. The third kappa shape index (κ3) is 1.74. The van der Waals surface area contributed by atoms with Crippen LogP contribution in [0, 0.1) is 10.1 Å². The molecular formula is C9H9NO6. The molecule has 0 saturated heterocycles. The summed E-state index contributed by atoms with van der Waals surface area (Å²) >= 11 is 0. The number of carbonyl (C=O) groups is 1. The lowest BCUT2D eigenvalue weighted by Crippen LogP contribution is -2.01. The second kappa shape index (κ2) is 4.47. The SMILES string of the molecule is COc1cc(O)c([N+](=O)[O-])c(C=O)c1OC. The number of carbonyl (C=O) groups excluding carboxylic acids is 1. The number of aromatic hydroxyl groups is 1. The van der Waals surface area contributed by atoms with E-state index in [4.69, 9.17) is 9.47 Å². The van der Waals surface area contributed by atoms with E-state index in [1.807, 2.05) is 0 Å². The van der Waals surface area contributed by atoms with Crippen molar-refractivity contribution in [2.24, 2.45) is 0 Å². The Morgan fingerprint density at radius 1 is 1.44 bits per heavy atom. The number of nitro groups is 1. The van der Waals surface area contributed by atoms with Gasteiger partial charge in [-0.1, -0.05) is 0 Å². The average molecular weight is 227 g/mol. The third-order valence-electron chi connectivity index (χ3n) is 1.96. The molecule has 0 aliphatic carbocycles. The Labute approximate surface area is 90.4 Å². The predicted octanol–water partition coefficient (Wildman–Crippen LogP) is 1.13. The van der Waals surface area contributed by atoms with Gasteiger partial charge in [0.05, 0.1) is 19.1 Å². The fourth-order valence-electron chi connectivity index (χ4n) is 1.30. The average Bonchev–Trinajstić information content (AvgIpc) is 2.26. The van der Waals surface area contributed by atoms with Gasteiger partial charge in [0.2, 0.25) is 0 Å². The summed E-state index contributed by atoms with van der Waals surface area (Å²) in [7, 11) is 2.53. The largest absolute Gasteiger partial charge is 0.502 e. The summed E-state index contributed by atoms with van der Waals surface area (Å²) in [5.41, 5.74) is -1.06. The molecule has 0 atom stereocenters. The number of ether oxygens (including phenoxy) is 2. The van der Waals surface area contributed by atoms with Gasteiger partial charge >= 0.3 is 5.69 Å². The van der Waals surface area contributed by atoms with Gasteiger partial charge in [0.1, 0.15) is 5.56 Å². The molecule has 0 aliphatic heterocycles. The Morgan fingerprint density at radius 2 is 2.06 bits per heavy atom. The van der Waals surface area contributed by atoms with Crippen LogP contribution in [-0.4, -0.2) is 30.5 Å². The molecule has 0 radical (unpaired) electrons. The van der Waals surface area contributed by atoms with Crippen molar-refractivity contribution >= 4 is 12.0 Å². The molecule has 16 heavy (non-hydrogen) atoms. The zero-order valence-electron chi connectivity index (χ0n) is 8.59. The Balaban J connectivity index is 3.64. The lowest BCUT2D eigenvalue weighted by atomic mass is 10.1. The Bertz CT molecular complexity index is 442. The molecule has 0 unspecified atom stereocenters. The summed E-state index contributed by atoms with van der Waals surface area (Å²) < 4.78 is 9.66. The van der Waals surface area contributed by atoms with Crippen molar-refractivity contribution in [2.45, 2.75) is 0 Å². The molecule has 0 saturated carbocycles. The minimum atomic E-state index is -0.860. The number of nitro benzene ring substituents is 1. The van der Waals surface area contributed by atoms with Crippen molar-refractivity contribution in [3.05, 3.63) is 21.7 Å². The van der Waals surface area contributed by atoms with Crippen molar-refractivity contribution in [1.29, 1.82) is 0 Å². The van der Waals surface area contributed by atoms with E-state index in [0.29, 0.717) is 0 Å². The third-order valence-corrected chi connectivity index (χ3v) is 1.96. The molecule has 1 aromatic carbocycles. The van der Waals surface area contributed by atoms with Crippen LogP contribution >= 0.6 is 0 Å². The first kappa shape index (κ1) is 11.8. The Hall–Kier alpha value is -2.31. The van der Waals surface area contributed by atoms with Crippen molar-refractivity contribution in [1.82, 2.24) is 0 Å². The Kier molecular flexibility index (Phi) is 3.29. The van der Waals surface area contributed by atoms with Crippen LogP contribution in [0.3, 0.4) is 0 Å². The predicted molar refractivity (Wildman–Crippen MR) is 53.3 cm³/mol. The van der Waals surface area contributed by atoms with Crippen LogP contribution in [0.5, 0.6) is 17.2 Å². The standard InChI is InChI=1S/C9H9NO6/c1-15-7-3-6(12)8(10(13)14)5(4-11)9(7)16-2/h3-4,12H,1-2H3. The van der Waals surface area contributed by atoms with Crippen molar-refractivity contribution in [2.75, 3.05) is 14.2 Å². The van der Waals surface area contributed by atoms with E-state index in [1.54, 1.807) is 0 Å². The van der Waals surface area contributed by atoms with Gasteiger partial charge in [-0.15, -0.1) is 0 Å². The van der Waals surface area contributed by atoms with Gasteiger partial charge in [0.15, 0.2) is 23.5 Å². The van der Waals surface area contributed by atoms with Crippen LogP contribution in [0.4, 0.5) is 5.69 Å². The van der Waals surface area contributed by atoms with Crippen molar-refractivity contribution in [3.8, 4) is 17.2 Å². The molecule has 0 aromatic heterocycles. The van der Waals surface area contributed by atoms with Crippen molar-refractivity contribution < 1.29 is 24.3 Å². The fourth-order valence-corrected chi connectivity index (χ4v) is 1.30. The number of hydrogen-bond acceptors (Lipinski definition) is 6. The van der Waals surface area contributed by atoms with Crippen LogP contribution in [0.25, 0.3) is 0 Å². The number of aldehydes is 1. The van der Waals surface area contributed by atoms with E-state index in [0.717, 1.165) is 6.07 Å². The lowest BCUT2D eigenvalue weighted by Gasteiger charge is -2.10. The summed E-state index contributed by atoms with van der Waals surface area (Å²) in [6, 6.07) is 1.02. The molecule has 86 valence electrons. The summed E-state index contributed by atoms with van der Waals surface area (Å²) in [6.45, 7) is 0. The van der Waals surface area contributed by atoms with E-state index in [-0.39, 0.29) is 23.3 Å². The minimum Gasteiger partial charge on any atom is -0.502 e. The zero-order chi connectivity index (χ0) is 12.3. The molecule has 7 heteroatoms. The van der Waals surface area contributed by atoms with Gasteiger partial charge in [0.25, 0.3) is 0 Å². The fraction of sp³-hybridized carbons (Fsp3) is 0.222. The maximum atomic E-state index is 10.8. The molecule has 0 fully saturated rings. The molecule has 0 aliphatic rings. The minimum absolute atomic E-state index is 0.0488. The molecule has 0 bridgehead atoms. The number of phenolic OH excluding ortho intramolecular Hbond substituents is 1. The van der Waals surface area contributed by atoms with Crippen molar-refractivity contribution in [3.63, 3.8) is 0 Å². The van der Waals surface area contributed by atoms with Gasteiger partial charge in [0, 0.05) is 6.07 Å². The molecule has 0 amide bonds. The molecule has 1 N–H and O–H groups in total. The van der Waals surface area contributed by atoms with Crippen LogP contribution < -0.4 is 9.47 Å². The van der Waals surface area contributed by atoms with Gasteiger partial charge in [-0.05, 0) is 0 Å². The quantitative estimate of drug-likeness (QED) is 0.470. The van der Waals surface area contributed by atoms with E-state index in [9.17, 15) is 20.0 Å².